The molecule has 84 valence electrons. The summed E-state index contributed by atoms with van der Waals surface area (Å²) in [5.41, 5.74) is 0.800. The summed E-state index contributed by atoms with van der Waals surface area (Å²) >= 11 is 6.14. The zero-order valence-electron chi connectivity index (χ0n) is 8.70. The first-order valence-electron chi connectivity index (χ1n) is 5.29. The monoisotopic (exact) mass is 237 g/mol. The zero-order valence-corrected chi connectivity index (χ0v) is 9.46. The second-order valence-corrected chi connectivity index (χ2v) is 4.20. The number of halogens is 1. The van der Waals surface area contributed by atoms with Crippen LogP contribution in [-0.4, -0.2) is 41.1 Å². The van der Waals surface area contributed by atoms with Crippen LogP contribution < -0.4 is 10.2 Å². The summed E-state index contributed by atoms with van der Waals surface area (Å²) in [5, 5.41) is 4.92. The first-order valence-corrected chi connectivity index (χ1v) is 5.67. The van der Waals surface area contributed by atoms with Crippen molar-refractivity contribution in [3.05, 3.63) is 17.5 Å². The number of anilines is 1. The Kier molecular flexibility index (Phi) is 2.41. The van der Waals surface area contributed by atoms with Crippen LogP contribution in [0.1, 0.15) is 0 Å². The van der Waals surface area contributed by atoms with Gasteiger partial charge in [-0.05, 0) is 0 Å². The summed E-state index contributed by atoms with van der Waals surface area (Å²) in [6.45, 7) is 3.86. The van der Waals surface area contributed by atoms with E-state index in [1.54, 1.807) is 12.5 Å². The van der Waals surface area contributed by atoms with Crippen molar-refractivity contribution in [3.63, 3.8) is 0 Å². The topological polar surface area (TPSA) is 56.8 Å². The number of hydrogen-bond acceptors (Lipinski definition) is 4. The Morgan fingerprint density at radius 3 is 2.88 bits per heavy atom. The quantitative estimate of drug-likeness (QED) is 0.778. The molecule has 0 radical (unpaired) electrons. The molecule has 1 saturated heterocycles. The number of aromatic nitrogens is 3. The van der Waals surface area contributed by atoms with Crippen molar-refractivity contribution in [3.8, 4) is 0 Å². The molecule has 1 aliphatic heterocycles. The Bertz CT molecular complexity index is 503. The maximum absolute atomic E-state index is 6.14. The molecule has 0 spiro atoms. The number of nitrogens with zero attached hydrogens (tertiary/aromatic N) is 3. The van der Waals surface area contributed by atoms with E-state index in [1.807, 2.05) is 0 Å². The molecule has 0 bridgehead atoms. The van der Waals surface area contributed by atoms with Crippen molar-refractivity contribution in [1.29, 1.82) is 0 Å². The average Bonchev–Trinajstić information content (AvgIpc) is 2.73. The van der Waals surface area contributed by atoms with Crippen LogP contribution in [0.15, 0.2) is 12.5 Å². The molecule has 0 atom stereocenters. The van der Waals surface area contributed by atoms with Gasteiger partial charge in [0.05, 0.1) is 10.4 Å². The van der Waals surface area contributed by atoms with Crippen molar-refractivity contribution in [2.75, 3.05) is 31.1 Å². The SMILES string of the molecule is Clc1c[nH]c2ncnc(N3CCNCC3)c12. The highest BCUT2D eigenvalue weighted by Crippen LogP contribution is 2.29. The summed E-state index contributed by atoms with van der Waals surface area (Å²) in [4.78, 5) is 13.8. The van der Waals surface area contributed by atoms with E-state index >= 15 is 0 Å². The summed E-state index contributed by atoms with van der Waals surface area (Å²) < 4.78 is 0. The van der Waals surface area contributed by atoms with Gasteiger partial charge in [-0.2, -0.15) is 0 Å². The van der Waals surface area contributed by atoms with Crippen LogP contribution in [0.25, 0.3) is 11.0 Å². The molecule has 2 aromatic heterocycles. The fraction of sp³-hybridized carbons (Fsp3) is 0.400. The van der Waals surface area contributed by atoms with Gasteiger partial charge in [0.25, 0.3) is 0 Å². The standard InChI is InChI=1S/C10H12ClN5/c11-7-5-13-9-8(7)10(15-6-14-9)16-3-1-12-2-4-16/h5-6,12H,1-4H2,(H,13,14,15). The molecular weight excluding hydrogens is 226 g/mol. The van der Waals surface area contributed by atoms with Gasteiger partial charge in [-0.3, -0.25) is 0 Å². The molecule has 0 aliphatic carbocycles. The van der Waals surface area contributed by atoms with Gasteiger partial charge in [-0.15, -0.1) is 0 Å². The van der Waals surface area contributed by atoms with Crippen LogP contribution in [0.5, 0.6) is 0 Å². The lowest BCUT2D eigenvalue weighted by Crippen LogP contribution is -2.44. The predicted octanol–water partition coefficient (Wildman–Crippen LogP) is 1.02. The van der Waals surface area contributed by atoms with Crippen molar-refractivity contribution >= 4 is 28.5 Å². The third-order valence-electron chi connectivity index (χ3n) is 2.82. The van der Waals surface area contributed by atoms with Crippen LogP contribution in [-0.2, 0) is 0 Å². The lowest BCUT2D eigenvalue weighted by Gasteiger charge is -2.28. The fourth-order valence-electron chi connectivity index (χ4n) is 2.03. The van der Waals surface area contributed by atoms with Crippen LogP contribution >= 0.6 is 11.6 Å². The van der Waals surface area contributed by atoms with Crippen molar-refractivity contribution < 1.29 is 0 Å². The predicted molar refractivity (Wildman–Crippen MR) is 64.0 cm³/mol. The Balaban J connectivity index is 2.10. The minimum atomic E-state index is 0.684. The summed E-state index contributed by atoms with van der Waals surface area (Å²) in [6, 6.07) is 0. The summed E-state index contributed by atoms with van der Waals surface area (Å²) in [7, 11) is 0. The van der Waals surface area contributed by atoms with Crippen LogP contribution in [0.4, 0.5) is 5.82 Å². The van der Waals surface area contributed by atoms with Crippen LogP contribution in [0.2, 0.25) is 5.02 Å². The zero-order chi connectivity index (χ0) is 11.0. The summed E-state index contributed by atoms with van der Waals surface area (Å²) in [6.07, 6.45) is 3.33. The van der Waals surface area contributed by atoms with Gasteiger partial charge < -0.3 is 15.2 Å². The van der Waals surface area contributed by atoms with Gasteiger partial charge in [0.15, 0.2) is 0 Å². The van der Waals surface area contributed by atoms with Crippen molar-refractivity contribution in [2.45, 2.75) is 0 Å². The highest BCUT2D eigenvalue weighted by atomic mass is 35.5. The molecule has 0 aromatic carbocycles. The number of H-pyrrole nitrogens is 1. The normalized spacial score (nSPS) is 16.9. The largest absolute Gasteiger partial charge is 0.353 e. The molecule has 1 fully saturated rings. The Morgan fingerprint density at radius 1 is 1.25 bits per heavy atom. The van der Waals surface area contributed by atoms with E-state index in [-0.39, 0.29) is 0 Å². The highest BCUT2D eigenvalue weighted by molar-refractivity contribution is 6.36. The van der Waals surface area contributed by atoms with Crippen molar-refractivity contribution in [1.82, 2.24) is 20.3 Å². The maximum atomic E-state index is 6.14. The van der Waals surface area contributed by atoms with Gasteiger partial charge in [-0.1, -0.05) is 11.6 Å². The lowest BCUT2D eigenvalue weighted by atomic mass is 10.3. The number of aromatic amines is 1. The molecule has 0 unspecified atom stereocenters. The second-order valence-electron chi connectivity index (χ2n) is 3.79. The molecule has 16 heavy (non-hydrogen) atoms. The first kappa shape index (κ1) is 9.86. The van der Waals surface area contributed by atoms with Gasteiger partial charge >= 0.3 is 0 Å². The molecule has 5 nitrogen and oxygen atoms in total. The second kappa shape index (κ2) is 3.92. The highest BCUT2D eigenvalue weighted by Gasteiger charge is 2.17. The van der Waals surface area contributed by atoms with Gasteiger partial charge in [0.2, 0.25) is 0 Å². The lowest BCUT2D eigenvalue weighted by molar-refractivity contribution is 0.586. The molecule has 0 amide bonds. The number of hydrogen-bond donors (Lipinski definition) is 2. The first-order chi connectivity index (χ1) is 7.86. The minimum absolute atomic E-state index is 0.684. The summed E-state index contributed by atoms with van der Waals surface area (Å²) in [5.74, 6) is 0.928. The van der Waals surface area contributed by atoms with E-state index in [4.69, 9.17) is 11.6 Å². The van der Waals surface area contributed by atoms with E-state index in [9.17, 15) is 0 Å². The van der Waals surface area contributed by atoms with E-state index in [2.05, 4.69) is 25.2 Å². The number of fused-ring (bicyclic) bond motifs is 1. The van der Waals surface area contributed by atoms with Gasteiger partial charge in [-0.25, -0.2) is 9.97 Å². The number of rotatable bonds is 1. The Hall–Kier alpha value is -1.33. The molecular formula is C10H12ClN5. The average molecular weight is 238 g/mol. The minimum Gasteiger partial charge on any atom is -0.353 e. The molecule has 1 aliphatic rings. The molecule has 6 heteroatoms. The van der Waals surface area contributed by atoms with Gasteiger partial charge in [0, 0.05) is 32.4 Å². The molecule has 2 aromatic rings. The smallest absolute Gasteiger partial charge is 0.144 e. The number of nitrogens with one attached hydrogen (secondary N) is 2. The fourth-order valence-corrected chi connectivity index (χ4v) is 2.25. The Morgan fingerprint density at radius 2 is 2.06 bits per heavy atom. The molecule has 0 saturated carbocycles. The molecule has 3 rings (SSSR count). The third-order valence-corrected chi connectivity index (χ3v) is 3.12. The molecule has 2 N–H and O–H groups in total. The van der Waals surface area contributed by atoms with Gasteiger partial charge in [0.1, 0.15) is 17.8 Å². The van der Waals surface area contributed by atoms with E-state index < -0.39 is 0 Å². The molecule has 3 heterocycles. The van der Waals surface area contributed by atoms with Crippen LogP contribution in [0.3, 0.4) is 0 Å². The van der Waals surface area contributed by atoms with E-state index in [0.29, 0.717) is 5.02 Å². The van der Waals surface area contributed by atoms with Crippen LogP contribution in [0, 0.1) is 0 Å². The van der Waals surface area contributed by atoms with Crippen molar-refractivity contribution in [2.24, 2.45) is 0 Å². The Labute approximate surface area is 97.8 Å². The van der Waals surface area contributed by atoms with E-state index in [1.165, 1.54) is 0 Å². The van der Waals surface area contributed by atoms with E-state index in [0.717, 1.165) is 43.0 Å². The maximum Gasteiger partial charge on any atom is 0.144 e. The third kappa shape index (κ3) is 1.52. The number of piperazine rings is 1.